The lowest BCUT2D eigenvalue weighted by molar-refractivity contribution is 0.0773. The van der Waals surface area contributed by atoms with E-state index in [9.17, 15) is 4.79 Å². The number of benzene rings is 1. The van der Waals surface area contributed by atoms with E-state index in [2.05, 4.69) is 39.3 Å². The molecule has 6 heteroatoms. The Balaban J connectivity index is 1.75. The minimum Gasteiger partial charge on any atom is -0.339 e. The molecule has 4 aromatic rings. The van der Waals surface area contributed by atoms with E-state index in [4.69, 9.17) is 0 Å². The first-order chi connectivity index (χ1) is 14.1. The van der Waals surface area contributed by atoms with Crippen LogP contribution < -0.4 is 0 Å². The van der Waals surface area contributed by atoms with Crippen LogP contribution in [0.15, 0.2) is 61.3 Å². The average molecular weight is 385 g/mol. The number of carbonyl (C=O) groups excluding carboxylic acids is 1. The molecule has 0 saturated heterocycles. The summed E-state index contributed by atoms with van der Waals surface area (Å²) in [6, 6.07) is 10.2. The molecule has 6 nitrogen and oxygen atoms in total. The highest BCUT2D eigenvalue weighted by molar-refractivity contribution is 6.01. The molecule has 0 fully saturated rings. The van der Waals surface area contributed by atoms with Gasteiger partial charge in [0, 0.05) is 55.2 Å². The number of pyridine rings is 2. The molecule has 1 amide bonds. The summed E-state index contributed by atoms with van der Waals surface area (Å²) in [7, 11) is 1.91. The first-order valence-corrected chi connectivity index (χ1v) is 9.73. The highest BCUT2D eigenvalue weighted by atomic mass is 16.2. The van der Waals surface area contributed by atoms with Crippen LogP contribution in [0, 0.1) is 0 Å². The first kappa shape index (κ1) is 18.8. The first-order valence-electron chi connectivity index (χ1n) is 9.73. The number of hydrogen-bond donors (Lipinski definition) is 0. The second kappa shape index (κ2) is 7.83. The van der Waals surface area contributed by atoms with E-state index >= 15 is 0 Å². The van der Waals surface area contributed by atoms with Crippen LogP contribution >= 0.6 is 0 Å². The molecule has 146 valence electrons. The standard InChI is InChI=1S/C23H23N5O/c1-4-28(5-2)23(29)18-10-20-21(13-24-14-22(20)25-11-18)17-8-6-16(7-9-17)19-12-26-27(3)15-19/h6-15H,4-5H2,1-3H3. The van der Waals surface area contributed by atoms with Gasteiger partial charge < -0.3 is 4.90 Å². The van der Waals surface area contributed by atoms with Crippen molar-refractivity contribution in [3.63, 3.8) is 0 Å². The van der Waals surface area contributed by atoms with Crippen molar-refractivity contribution in [2.24, 2.45) is 7.05 Å². The fourth-order valence-corrected chi connectivity index (χ4v) is 3.50. The molecule has 0 N–H and O–H groups in total. The Morgan fingerprint density at radius 3 is 2.34 bits per heavy atom. The predicted molar refractivity (Wildman–Crippen MR) is 114 cm³/mol. The van der Waals surface area contributed by atoms with Crippen molar-refractivity contribution in [1.82, 2.24) is 24.6 Å². The maximum absolute atomic E-state index is 12.8. The van der Waals surface area contributed by atoms with Gasteiger partial charge in [-0.05, 0) is 31.0 Å². The van der Waals surface area contributed by atoms with Crippen molar-refractivity contribution in [3.8, 4) is 22.3 Å². The lowest BCUT2D eigenvalue weighted by atomic mass is 9.99. The fraction of sp³-hybridized carbons (Fsp3) is 0.217. The average Bonchev–Trinajstić information content (AvgIpc) is 3.20. The van der Waals surface area contributed by atoms with Gasteiger partial charge in [-0.15, -0.1) is 0 Å². The van der Waals surface area contributed by atoms with Gasteiger partial charge in [-0.25, -0.2) is 0 Å². The Hall–Kier alpha value is -3.54. The van der Waals surface area contributed by atoms with E-state index in [-0.39, 0.29) is 5.91 Å². The zero-order chi connectivity index (χ0) is 20.4. The number of nitrogens with zero attached hydrogens (tertiary/aromatic N) is 5. The van der Waals surface area contributed by atoms with Gasteiger partial charge in [0.05, 0.1) is 23.5 Å². The van der Waals surface area contributed by atoms with Gasteiger partial charge in [-0.2, -0.15) is 5.10 Å². The molecular formula is C23H23N5O. The molecule has 3 heterocycles. The molecule has 4 rings (SSSR count). The number of hydrogen-bond acceptors (Lipinski definition) is 4. The van der Waals surface area contributed by atoms with Gasteiger partial charge >= 0.3 is 0 Å². The zero-order valence-corrected chi connectivity index (χ0v) is 16.8. The molecule has 0 radical (unpaired) electrons. The number of amides is 1. The van der Waals surface area contributed by atoms with Gasteiger partial charge in [-0.3, -0.25) is 19.4 Å². The SMILES string of the molecule is CCN(CC)C(=O)c1cnc2cncc(-c3ccc(-c4cnn(C)c4)cc3)c2c1. The molecule has 0 aliphatic heterocycles. The van der Waals surface area contributed by atoms with Crippen molar-refractivity contribution in [3.05, 3.63) is 66.9 Å². The van der Waals surface area contributed by atoms with E-state index in [0.29, 0.717) is 18.7 Å². The topological polar surface area (TPSA) is 63.9 Å². The summed E-state index contributed by atoms with van der Waals surface area (Å²) in [5, 5.41) is 5.15. The third kappa shape index (κ3) is 3.61. The summed E-state index contributed by atoms with van der Waals surface area (Å²) in [6.07, 6.45) is 9.04. The monoisotopic (exact) mass is 385 g/mol. The highest BCUT2D eigenvalue weighted by Crippen LogP contribution is 2.29. The number of aromatic nitrogens is 4. The normalized spacial score (nSPS) is 11.0. The Kier molecular flexibility index (Phi) is 5.08. The maximum Gasteiger partial charge on any atom is 0.255 e. The van der Waals surface area contributed by atoms with Gasteiger partial charge in [0.2, 0.25) is 0 Å². The molecule has 0 atom stereocenters. The van der Waals surface area contributed by atoms with Crippen LogP contribution in [0.1, 0.15) is 24.2 Å². The second-order valence-electron chi connectivity index (χ2n) is 6.94. The van der Waals surface area contributed by atoms with E-state index in [1.807, 2.05) is 45.6 Å². The van der Waals surface area contributed by atoms with E-state index in [1.54, 1.807) is 22.0 Å². The quantitative estimate of drug-likeness (QED) is 0.517. The number of rotatable bonds is 5. The van der Waals surface area contributed by atoms with E-state index < -0.39 is 0 Å². The van der Waals surface area contributed by atoms with Crippen molar-refractivity contribution in [1.29, 1.82) is 0 Å². The molecule has 0 aliphatic carbocycles. The summed E-state index contributed by atoms with van der Waals surface area (Å²) >= 11 is 0. The highest BCUT2D eigenvalue weighted by Gasteiger charge is 2.15. The second-order valence-corrected chi connectivity index (χ2v) is 6.94. The third-order valence-electron chi connectivity index (χ3n) is 5.14. The molecule has 0 unspecified atom stereocenters. The lowest BCUT2D eigenvalue weighted by Crippen LogP contribution is -2.30. The molecule has 0 saturated carbocycles. The molecule has 0 aliphatic rings. The van der Waals surface area contributed by atoms with E-state index in [0.717, 1.165) is 33.2 Å². The van der Waals surface area contributed by atoms with Crippen LogP contribution in [0.25, 0.3) is 33.2 Å². The minimum absolute atomic E-state index is 0.000845. The molecule has 29 heavy (non-hydrogen) atoms. The van der Waals surface area contributed by atoms with Crippen molar-refractivity contribution in [2.45, 2.75) is 13.8 Å². The Bertz CT molecular complexity index is 1160. The third-order valence-corrected chi connectivity index (χ3v) is 5.14. The Morgan fingerprint density at radius 1 is 0.966 bits per heavy atom. The molecule has 0 bridgehead atoms. The number of fused-ring (bicyclic) bond motifs is 1. The van der Waals surface area contributed by atoms with Crippen LogP contribution in [0.5, 0.6) is 0 Å². The summed E-state index contributed by atoms with van der Waals surface area (Å²) in [5.41, 5.74) is 5.54. The Morgan fingerprint density at radius 2 is 1.69 bits per heavy atom. The van der Waals surface area contributed by atoms with Crippen LogP contribution in [-0.4, -0.2) is 43.6 Å². The maximum atomic E-state index is 12.8. The van der Waals surface area contributed by atoms with Crippen LogP contribution in [-0.2, 0) is 7.05 Å². The lowest BCUT2D eigenvalue weighted by Gasteiger charge is -2.18. The summed E-state index contributed by atoms with van der Waals surface area (Å²) in [4.78, 5) is 23.4. The minimum atomic E-state index is -0.000845. The van der Waals surface area contributed by atoms with E-state index in [1.165, 1.54) is 0 Å². The van der Waals surface area contributed by atoms with Gasteiger partial charge in [0.1, 0.15) is 0 Å². The molecule has 3 aromatic heterocycles. The van der Waals surface area contributed by atoms with Crippen LogP contribution in [0.3, 0.4) is 0 Å². The number of aryl methyl sites for hydroxylation is 1. The molecule has 0 spiro atoms. The van der Waals surface area contributed by atoms with Crippen LogP contribution in [0.2, 0.25) is 0 Å². The van der Waals surface area contributed by atoms with Gasteiger partial charge in [0.25, 0.3) is 5.91 Å². The smallest absolute Gasteiger partial charge is 0.255 e. The van der Waals surface area contributed by atoms with Crippen molar-refractivity contribution < 1.29 is 4.79 Å². The fourth-order valence-electron chi connectivity index (χ4n) is 3.50. The van der Waals surface area contributed by atoms with Crippen molar-refractivity contribution >= 4 is 16.8 Å². The van der Waals surface area contributed by atoms with Crippen molar-refractivity contribution in [2.75, 3.05) is 13.1 Å². The van der Waals surface area contributed by atoms with Crippen LogP contribution in [0.4, 0.5) is 0 Å². The Labute approximate surface area is 169 Å². The predicted octanol–water partition coefficient (Wildman–Crippen LogP) is 4.18. The van der Waals surface area contributed by atoms with Gasteiger partial charge in [-0.1, -0.05) is 24.3 Å². The van der Waals surface area contributed by atoms with Gasteiger partial charge in [0.15, 0.2) is 0 Å². The molecular weight excluding hydrogens is 362 g/mol. The molecule has 1 aromatic carbocycles. The number of carbonyl (C=O) groups is 1. The summed E-state index contributed by atoms with van der Waals surface area (Å²) in [6.45, 7) is 5.31. The summed E-state index contributed by atoms with van der Waals surface area (Å²) in [5.74, 6) is -0.000845. The zero-order valence-electron chi connectivity index (χ0n) is 16.8. The largest absolute Gasteiger partial charge is 0.339 e. The summed E-state index contributed by atoms with van der Waals surface area (Å²) < 4.78 is 1.79.